The van der Waals surface area contributed by atoms with Gasteiger partial charge in [-0.25, -0.2) is 0 Å². The molecule has 2 rings (SSSR count). The van der Waals surface area contributed by atoms with E-state index < -0.39 is 16.8 Å². The topological polar surface area (TPSA) is 93.1 Å². The van der Waals surface area contributed by atoms with Gasteiger partial charge in [0.25, 0.3) is 0 Å². The van der Waals surface area contributed by atoms with Crippen LogP contribution >= 0.6 is 0 Å². The first kappa shape index (κ1) is 18.3. The molecule has 1 N–H and O–H groups in total. The van der Waals surface area contributed by atoms with Crippen molar-refractivity contribution in [3.8, 4) is 11.5 Å². The third kappa shape index (κ3) is 4.70. The van der Waals surface area contributed by atoms with Gasteiger partial charge in [-0.15, -0.1) is 0 Å². The number of carbonyl (C=O) groups is 2. The molecule has 1 amide bonds. The number of carboxylic acids is 1. The van der Waals surface area contributed by atoms with Crippen LogP contribution in [0.1, 0.15) is 20.3 Å². The minimum absolute atomic E-state index is 0.0204. The minimum Gasteiger partial charge on any atom is -0.486 e. The van der Waals surface area contributed by atoms with E-state index in [4.69, 9.17) is 14.6 Å². The number of hydrogen-bond donors (Lipinski definition) is 1. The van der Waals surface area contributed by atoms with Gasteiger partial charge in [0.1, 0.15) is 19.8 Å². The fraction of sp³-hybridized carbons (Fsp3) is 0.500. The van der Waals surface area contributed by atoms with Crippen LogP contribution in [0.2, 0.25) is 0 Å². The Balaban J connectivity index is 1.97. The maximum absolute atomic E-state index is 12.4. The van der Waals surface area contributed by atoms with Crippen molar-refractivity contribution in [2.75, 3.05) is 25.5 Å². The highest BCUT2D eigenvalue weighted by Crippen LogP contribution is 2.31. The fourth-order valence-electron chi connectivity index (χ4n) is 2.31. The van der Waals surface area contributed by atoms with Crippen molar-refractivity contribution in [3.63, 3.8) is 0 Å². The molecule has 0 radical (unpaired) electrons. The molecule has 1 unspecified atom stereocenters. The number of benzene rings is 1. The van der Waals surface area contributed by atoms with E-state index in [9.17, 15) is 13.8 Å². The van der Waals surface area contributed by atoms with Crippen molar-refractivity contribution in [1.82, 2.24) is 4.90 Å². The number of carbonyl (C=O) groups excluding carboxylic acids is 1. The van der Waals surface area contributed by atoms with Crippen LogP contribution in [-0.2, 0) is 20.4 Å². The molecule has 24 heavy (non-hydrogen) atoms. The highest BCUT2D eigenvalue weighted by Gasteiger charge is 2.21. The molecule has 1 aliphatic heterocycles. The Morgan fingerprint density at radius 3 is 2.54 bits per heavy atom. The first-order valence-corrected chi connectivity index (χ1v) is 8.99. The highest BCUT2D eigenvalue weighted by molar-refractivity contribution is 7.85. The highest BCUT2D eigenvalue weighted by atomic mass is 32.2. The fourth-order valence-corrected chi connectivity index (χ4v) is 3.37. The maximum atomic E-state index is 12.4. The summed E-state index contributed by atoms with van der Waals surface area (Å²) in [6.07, 6.45) is 0.0204. The molecule has 0 aliphatic carbocycles. The van der Waals surface area contributed by atoms with Crippen LogP contribution in [0.3, 0.4) is 0 Å². The third-order valence-corrected chi connectivity index (χ3v) is 4.88. The van der Waals surface area contributed by atoms with Crippen molar-refractivity contribution in [1.29, 1.82) is 0 Å². The SMILES string of the molecule is CC(C)N(CC(=O)O)C(=O)CCS(=O)c1ccc2c(c1)OCCO2. The van der Waals surface area contributed by atoms with Crippen LogP contribution in [0.15, 0.2) is 23.1 Å². The first-order chi connectivity index (χ1) is 11.4. The van der Waals surface area contributed by atoms with Crippen LogP contribution < -0.4 is 9.47 Å². The number of aliphatic carboxylic acids is 1. The summed E-state index contributed by atoms with van der Waals surface area (Å²) in [5.74, 6) is -0.0941. The lowest BCUT2D eigenvalue weighted by Gasteiger charge is -2.24. The van der Waals surface area contributed by atoms with E-state index in [-0.39, 0.29) is 30.7 Å². The van der Waals surface area contributed by atoms with Crippen molar-refractivity contribution < 1.29 is 28.4 Å². The van der Waals surface area contributed by atoms with E-state index >= 15 is 0 Å². The Morgan fingerprint density at radius 1 is 1.25 bits per heavy atom. The Bertz CT molecular complexity index is 645. The number of ether oxygens (including phenoxy) is 2. The van der Waals surface area contributed by atoms with Crippen LogP contribution in [0, 0.1) is 0 Å². The molecule has 7 nitrogen and oxygen atoms in total. The lowest BCUT2D eigenvalue weighted by atomic mass is 10.3. The maximum Gasteiger partial charge on any atom is 0.323 e. The predicted molar refractivity (Wildman–Crippen MR) is 87.8 cm³/mol. The second-order valence-electron chi connectivity index (χ2n) is 5.61. The Labute approximate surface area is 143 Å². The van der Waals surface area contributed by atoms with E-state index in [1.54, 1.807) is 32.0 Å². The van der Waals surface area contributed by atoms with Gasteiger partial charge >= 0.3 is 5.97 Å². The molecule has 132 valence electrons. The van der Waals surface area contributed by atoms with Gasteiger partial charge in [-0.2, -0.15) is 0 Å². The number of nitrogens with zero attached hydrogens (tertiary/aromatic N) is 1. The number of fused-ring (bicyclic) bond motifs is 1. The average molecular weight is 355 g/mol. The molecule has 8 heteroatoms. The third-order valence-electron chi connectivity index (χ3n) is 3.53. The summed E-state index contributed by atoms with van der Waals surface area (Å²) >= 11 is 0. The molecule has 0 fully saturated rings. The second kappa shape index (κ2) is 8.14. The van der Waals surface area contributed by atoms with Crippen LogP contribution in [0.4, 0.5) is 0 Å². The molecule has 1 heterocycles. The van der Waals surface area contributed by atoms with Gasteiger partial charge in [0.2, 0.25) is 5.91 Å². The number of rotatable bonds is 7. The molecule has 1 aromatic carbocycles. The number of carboxylic acid groups (broad SMARTS) is 1. The first-order valence-electron chi connectivity index (χ1n) is 7.67. The standard InChI is InChI=1S/C16H21NO6S/c1-11(2)17(10-16(19)20)15(18)5-8-24(21)12-3-4-13-14(9-12)23-7-6-22-13/h3-4,9,11H,5-8,10H2,1-2H3,(H,19,20). The van der Waals surface area contributed by atoms with Gasteiger partial charge in [0, 0.05) is 29.2 Å². The summed E-state index contributed by atoms with van der Waals surface area (Å²) in [6.45, 7) is 4.07. The number of amides is 1. The molecule has 1 atom stereocenters. The quantitative estimate of drug-likeness (QED) is 0.792. The lowest BCUT2D eigenvalue weighted by molar-refractivity contribution is -0.145. The van der Waals surface area contributed by atoms with Crippen LogP contribution in [0.5, 0.6) is 11.5 Å². The average Bonchev–Trinajstić information content (AvgIpc) is 2.56. The Kier molecular flexibility index (Phi) is 6.19. The minimum atomic E-state index is -1.37. The Morgan fingerprint density at radius 2 is 1.92 bits per heavy atom. The van der Waals surface area contributed by atoms with Gasteiger partial charge in [0.05, 0.1) is 10.8 Å². The van der Waals surface area contributed by atoms with Crippen LogP contribution in [-0.4, -0.2) is 57.6 Å². The zero-order valence-corrected chi connectivity index (χ0v) is 14.5. The normalized spacial score (nSPS) is 14.3. The predicted octanol–water partition coefficient (Wildman–Crippen LogP) is 1.28. The van der Waals surface area contributed by atoms with E-state index in [2.05, 4.69) is 0 Å². The van der Waals surface area contributed by atoms with Crippen molar-refractivity contribution in [3.05, 3.63) is 18.2 Å². The summed E-state index contributed by atoms with van der Waals surface area (Å²) in [7, 11) is -1.37. The van der Waals surface area contributed by atoms with Gasteiger partial charge < -0.3 is 19.5 Å². The molecule has 1 aromatic rings. The van der Waals surface area contributed by atoms with E-state index in [0.717, 1.165) is 0 Å². The zero-order chi connectivity index (χ0) is 17.7. The van der Waals surface area contributed by atoms with Crippen LogP contribution in [0.25, 0.3) is 0 Å². The van der Waals surface area contributed by atoms with Gasteiger partial charge in [-0.1, -0.05) is 0 Å². The summed E-state index contributed by atoms with van der Waals surface area (Å²) in [5.41, 5.74) is 0. The van der Waals surface area contributed by atoms with Crippen molar-refractivity contribution >= 4 is 22.7 Å². The number of hydrogen-bond acceptors (Lipinski definition) is 5. The Hall–Kier alpha value is -2.09. The molecular weight excluding hydrogens is 334 g/mol. The summed E-state index contributed by atoms with van der Waals surface area (Å²) < 4.78 is 23.2. The molecule has 0 bridgehead atoms. The summed E-state index contributed by atoms with van der Waals surface area (Å²) in [5, 5.41) is 8.87. The van der Waals surface area contributed by atoms with Gasteiger partial charge in [-0.3, -0.25) is 13.8 Å². The zero-order valence-electron chi connectivity index (χ0n) is 13.7. The van der Waals surface area contributed by atoms with Crippen molar-refractivity contribution in [2.45, 2.75) is 31.2 Å². The molecule has 1 aliphatic rings. The largest absolute Gasteiger partial charge is 0.486 e. The monoisotopic (exact) mass is 355 g/mol. The lowest BCUT2D eigenvalue weighted by Crippen LogP contribution is -2.41. The van der Waals surface area contributed by atoms with Gasteiger partial charge in [0.15, 0.2) is 11.5 Å². The molecule has 0 saturated carbocycles. The van der Waals surface area contributed by atoms with Crippen molar-refractivity contribution in [2.24, 2.45) is 0 Å². The molecule has 0 saturated heterocycles. The van der Waals surface area contributed by atoms with E-state index in [1.807, 2.05) is 0 Å². The summed E-state index contributed by atoms with van der Waals surface area (Å²) in [4.78, 5) is 24.8. The second-order valence-corrected chi connectivity index (χ2v) is 7.18. The summed E-state index contributed by atoms with van der Waals surface area (Å²) in [6, 6.07) is 4.82. The molecule has 0 spiro atoms. The molecule has 0 aromatic heterocycles. The van der Waals surface area contributed by atoms with E-state index in [1.165, 1.54) is 4.90 Å². The smallest absolute Gasteiger partial charge is 0.323 e. The molecular formula is C16H21NO6S. The van der Waals surface area contributed by atoms with E-state index in [0.29, 0.717) is 29.6 Å². The van der Waals surface area contributed by atoms with Gasteiger partial charge in [-0.05, 0) is 26.0 Å².